The van der Waals surface area contributed by atoms with Gasteiger partial charge in [0.05, 0.1) is 26.2 Å². The number of sulfonamides is 1. The summed E-state index contributed by atoms with van der Waals surface area (Å²) in [5.41, 5.74) is 1.71. The molecule has 0 fully saturated rings. The van der Waals surface area contributed by atoms with E-state index in [4.69, 9.17) is 14.2 Å². The average molecular weight is 485 g/mol. The lowest BCUT2D eigenvalue weighted by Gasteiger charge is -2.12. The van der Waals surface area contributed by atoms with Gasteiger partial charge in [-0.25, -0.2) is 23.1 Å². The van der Waals surface area contributed by atoms with E-state index < -0.39 is 15.9 Å². The highest BCUT2D eigenvalue weighted by Crippen LogP contribution is 2.38. The molecule has 0 unspecified atom stereocenters. The summed E-state index contributed by atoms with van der Waals surface area (Å²) < 4.78 is 43.3. The summed E-state index contributed by atoms with van der Waals surface area (Å²) in [6.07, 6.45) is 4.39. The van der Waals surface area contributed by atoms with Crippen molar-refractivity contribution in [2.45, 2.75) is 11.8 Å². The Morgan fingerprint density at radius 2 is 1.62 bits per heavy atom. The van der Waals surface area contributed by atoms with Crippen LogP contribution in [-0.4, -0.2) is 45.6 Å². The number of aromatic nitrogens is 2. The number of hydrogen-bond donors (Lipinski definition) is 2. The number of hydrogen-bond acceptors (Lipinski definition) is 8. The SMILES string of the molecule is COc1cc(/C=C/C(=O)Nc2ccc(S(=O)(=O)Nc3nccc(C)n3)cc2)cc(OC)c1OC. The molecule has 1 heterocycles. The van der Waals surface area contributed by atoms with Gasteiger partial charge in [0.25, 0.3) is 10.0 Å². The molecule has 3 rings (SSSR count). The van der Waals surface area contributed by atoms with Gasteiger partial charge < -0.3 is 19.5 Å². The summed E-state index contributed by atoms with van der Waals surface area (Å²) in [4.78, 5) is 20.3. The van der Waals surface area contributed by atoms with Crippen molar-refractivity contribution < 1.29 is 27.4 Å². The molecule has 0 aliphatic heterocycles. The number of rotatable bonds is 9. The third-order valence-electron chi connectivity index (χ3n) is 4.57. The van der Waals surface area contributed by atoms with Crippen molar-refractivity contribution in [3.63, 3.8) is 0 Å². The van der Waals surface area contributed by atoms with Gasteiger partial charge in [-0.2, -0.15) is 0 Å². The second-order valence-electron chi connectivity index (χ2n) is 6.93. The molecule has 0 saturated heterocycles. The van der Waals surface area contributed by atoms with E-state index in [2.05, 4.69) is 20.0 Å². The lowest BCUT2D eigenvalue weighted by atomic mass is 10.1. The Morgan fingerprint density at radius 1 is 0.971 bits per heavy atom. The quantitative estimate of drug-likeness (QED) is 0.443. The van der Waals surface area contributed by atoms with E-state index in [9.17, 15) is 13.2 Å². The molecule has 0 radical (unpaired) electrons. The minimum atomic E-state index is -3.88. The molecular formula is C23H24N4O6S. The van der Waals surface area contributed by atoms with Crippen molar-refractivity contribution in [2.24, 2.45) is 0 Å². The van der Waals surface area contributed by atoms with Crippen molar-refractivity contribution >= 4 is 33.6 Å². The van der Waals surface area contributed by atoms with Crippen LogP contribution in [0, 0.1) is 6.92 Å². The highest BCUT2D eigenvalue weighted by atomic mass is 32.2. The fourth-order valence-electron chi connectivity index (χ4n) is 2.95. The second-order valence-corrected chi connectivity index (χ2v) is 8.62. The lowest BCUT2D eigenvalue weighted by molar-refractivity contribution is -0.111. The molecule has 0 atom stereocenters. The maximum absolute atomic E-state index is 12.5. The first-order valence-electron chi connectivity index (χ1n) is 9.97. The van der Waals surface area contributed by atoms with E-state index >= 15 is 0 Å². The number of aryl methyl sites for hydroxylation is 1. The van der Waals surface area contributed by atoms with Crippen molar-refractivity contribution in [3.05, 3.63) is 66.0 Å². The van der Waals surface area contributed by atoms with Crippen LogP contribution in [0.5, 0.6) is 17.2 Å². The largest absolute Gasteiger partial charge is 0.493 e. The Labute approximate surface area is 197 Å². The van der Waals surface area contributed by atoms with E-state index in [1.807, 2.05) is 0 Å². The Balaban J connectivity index is 1.68. The van der Waals surface area contributed by atoms with Gasteiger partial charge in [0.2, 0.25) is 17.6 Å². The van der Waals surface area contributed by atoms with Gasteiger partial charge in [-0.05, 0) is 61.0 Å². The Morgan fingerprint density at radius 3 is 2.18 bits per heavy atom. The van der Waals surface area contributed by atoms with Crippen LogP contribution in [-0.2, 0) is 14.8 Å². The average Bonchev–Trinajstić information content (AvgIpc) is 2.82. The minimum absolute atomic E-state index is 0.00331. The Bertz CT molecular complexity index is 1280. The summed E-state index contributed by atoms with van der Waals surface area (Å²) in [7, 11) is 0.639. The normalized spacial score (nSPS) is 11.2. The zero-order chi connectivity index (χ0) is 24.7. The number of nitrogens with zero attached hydrogens (tertiary/aromatic N) is 2. The number of amides is 1. The molecule has 2 aromatic carbocycles. The second kappa shape index (κ2) is 10.7. The van der Waals surface area contributed by atoms with Gasteiger partial charge in [-0.15, -0.1) is 0 Å². The molecule has 11 heteroatoms. The number of carbonyl (C=O) groups is 1. The number of anilines is 2. The Hall–Kier alpha value is -4.12. The van der Waals surface area contributed by atoms with Gasteiger partial charge in [-0.1, -0.05) is 0 Å². The molecule has 1 amide bonds. The fourth-order valence-corrected chi connectivity index (χ4v) is 3.90. The molecule has 0 bridgehead atoms. The summed E-state index contributed by atoms with van der Waals surface area (Å²) in [6, 6.07) is 10.8. The number of methoxy groups -OCH3 is 3. The maximum Gasteiger partial charge on any atom is 0.264 e. The molecule has 178 valence electrons. The number of carbonyl (C=O) groups excluding carboxylic acids is 1. The van der Waals surface area contributed by atoms with Crippen LogP contribution in [0.1, 0.15) is 11.3 Å². The van der Waals surface area contributed by atoms with Crippen LogP contribution < -0.4 is 24.2 Å². The molecule has 34 heavy (non-hydrogen) atoms. The predicted molar refractivity (Wildman–Crippen MR) is 128 cm³/mol. The van der Waals surface area contributed by atoms with Crippen LogP contribution in [0.3, 0.4) is 0 Å². The van der Waals surface area contributed by atoms with Gasteiger partial charge in [0.1, 0.15) is 0 Å². The van der Waals surface area contributed by atoms with Gasteiger partial charge in [0.15, 0.2) is 11.5 Å². The van der Waals surface area contributed by atoms with E-state index in [0.717, 1.165) is 0 Å². The zero-order valence-corrected chi connectivity index (χ0v) is 19.8. The topological polar surface area (TPSA) is 129 Å². The molecule has 2 N–H and O–H groups in total. The smallest absolute Gasteiger partial charge is 0.264 e. The van der Waals surface area contributed by atoms with Crippen LogP contribution in [0.2, 0.25) is 0 Å². The van der Waals surface area contributed by atoms with Crippen LogP contribution >= 0.6 is 0 Å². The van der Waals surface area contributed by atoms with Crippen molar-refractivity contribution in [1.29, 1.82) is 0 Å². The predicted octanol–water partition coefficient (Wildman–Crippen LogP) is 3.26. The summed E-state index contributed by atoms with van der Waals surface area (Å²) in [6.45, 7) is 1.73. The van der Waals surface area contributed by atoms with Crippen molar-refractivity contribution in [2.75, 3.05) is 31.4 Å². The number of benzene rings is 2. The summed E-state index contributed by atoms with van der Waals surface area (Å²) in [5.74, 6) is 0.946. The monoisotopic (exact) mass is 484 g/mol. The van der Waals surface area contributed by atoms with Crippen molar-refractivity contribution in [3.8, 4) is 17.2 Å². The van der Waals surface area contributed by atoms with E-state index in [0.29, 0.717) is 34.2 Å². The first kappa shape index (κ1) is 24.5. The standard InChI is InChI=1S/C23H24N4O6S/c1-15-11-12-24-23(25-15)27-34(29,30)18-8-6-17(7-9-18)26-21(28)10-5-16-13-19(31-2)22(33-4)20(14-16)32-3/h5-14H,1-4H3,(H,26,28)(H,24,25,27)/b10-5+. The molecule has 0 aliphatic rings. The van der Waals surface area contributed by atoms with Crippen LogP contribution in [0.4, 0.5) is 11.6 Å². The highest BCUT2D eigenvalue weighted by molar-refractivity contribution is 7.92. The van der Waals surface area contributed by atoms with Crippen LogP contribution in [0.25, 0.3) is 6.08 Å². The van der Waals surface area contributed by atoms with Crippen molar-refractivity contribution in [1.82, 2.24) is 9.97 Å². The fraction of sp³-hybridized carbons (Fsp3) is 0.174. The molecule has 0 spiro atoms. The third-order valence-corrected chi connectivity index (χ3v) is 5.91. The molecule has 3 aromatic rings. The molecule has 0 saturated carbocycles. The first-order chi connectivity index (χ1) is 16.2. The summed E-state index contributed by atoms with van der Waals surface area (Å²) in [5, 5.41) is 2.67. The molecule has 1 aromatic heterocycles. The molecular weight excluding hydrogens is 460 g/mol. The first-order valence-corrected chi connectivity index (χ1v) is 11.5. The van der Waals surface area contributed by atoms with Gasteiger partial charge in [-0.3, -0.25) is 4.79 Å². The van der Waals surface area contributed by atoms with E-state index in [-0.39, 0.29) is 10.8 Å². The minimum Gasteiger partial charge on any atom is -0.493 e. The zero-order valence-electron chi connectivity index (χ0n) is 19.0. The molecule has 0 aliphatic carbocycles. The highest BCUT2D eigenvalue weighted by Gasteiger charge is 2.16. The number of ether oxygens (including phenoxy) is 3. The van der Waals surface area contributed by atoms with Gasteiger partial charge in [0, 0.05) is 23.7 Å². The number of nitrogens with one attached hydrogen (secondary N) is 2. The van der Waals surface area contributed by atoms with Crippen LogP contribution in [0.15, 0.2) is 59.6 Å². The maximum atomic E-state index is 12.5. The Kier molecular flexibility index (Phi) is 7.69. The van der Waals surface area contributed by atoms with Gasteiger partial charge >= 0.3 is 0 Å². The summed E-state index contributed by atoms with van der Waals surface area (Å²) >= 11 is 0. The van der Waals surface area contributed by atoms with E-state index in [1.54, 1.807) is 31.2 Å². The molecule has 10 nitrogen and oxygen atoms in total. The third kappa shape index (κ3) is 6.01. The van der Waals surface area contributed by atoms with E-state index in [1.165, 1.54) is 57.9 Å². The lowest BCUT2D eigenvalue weighted by Crippen LogP contribution is -2.15.